The number of benzene rings is 1. The van der Waals surface area contributed by atoms with E-state index in [-0.39, 0.29) is 5.56 Å². The zero-order chi connectivity index (χ0) is 13.3. The highest BCUT2D eigenvalue weighted by atomic mass is 19.4. The third kappa shape index (κ3) is 2.51. The molecule has 1 aromatic rings. The molecule has 0 radical (unpaired) electrons. The molecule has 0 bridgehead atoms. The largest absolute Gasteiger partial charge is 0.419 e. The number of aliphatic hydroxyl groups excluding tert-OH is 1. The summed E-state index contributed by atoms with van der Waals surface area (Å²) < 4.78 is 52.0. The second-order valence-electron chi connectivity index (χ2n) is 4.66. The van der Waals surface area contributed by atoms with Crippen molar-refractivity contribution in [1.82, 2.24) is 0 Å². The average Bonchev–Trinajstić information content (AvgIpc) is 2.27. The zero-order valence-electron chi connectivity index (χ0n) is 9.67. The first-order valence-corrected chi connectivity index (χ1v) is 5.95. The van der Waals surface area contributed by atoms with Crippen LogP contribution in [0.1, 0.15) is 42.7 Å². The average molecular weight is 262 g/mol. The quantitative estimate of drug-likeness (QED) is 0.762. The van der Waals surface area contributed by atoms with Gasteiger partial charge < -0.3 is 5.11 Å². The van der Waals surface area contributed by atoms with Crippen LogP contribution < -0.4 is 0 Å². The molecule has 0 spiro atoms. The van der Waals surface area contributed by atoms with E-state index in [1.807, 2.05) is 0 Å². The number of alkyl halides is 3. The molecule has 0 amide bonds. The molecule has 2 rings (SSSR count). The van der Waals surface area contributed by atoms with E-state index < -0.39 is 29.6 Å². The van der Waals surface area contributed by atoms with Crippen molar-refractivity contribution in [2.75, 3.05) is 0 Å². The van der Waals surface area contributed by atoms with Gasteiger partial charge in [-0.2, -0.15) is 13.2 Å². The lowest BCUT2D eigenvalue weighted by Crippen LogP contribution is -2.25. The molecule has 1 nitrogen and oxygen atoms in total. The zero-order valence-corrected chi connectivity index (χ0v) is 9.67. The normalized spacial score (nSPS) is 25.2. The Labute approximate surface area is 102 Å². The molecule has 2 unspecified atom stereocenters. The first kappa shape index (κ1) is 13.3. The molecule has 5 heteroatoms. The number of hydrogen-bond acceptors (Lipinski definition) is 1. The third-order valence-electron chi connectivity index (χ3n) is 3.46. The van der Waals surface area contributed by atoms with Crippen molar-refractivity contribution in [2.45, 2.75) is 43.9 Å². The maximum atomic E-state index is 13.4. The van der Waals surface area contributed by atoms with E-state index in [2.05, 4.69) is 0 Å². The maximum Gasteiger partial charge on any atom is 0.419 e. The van der Waals surface area contributed by atoms with Gasteiger partial charge in [0.2, 0.25) is 0 Å². The van der Waals surface area contributed by atoms with Crippen LogP contribution in [0.5, 0.6) is 0 Å². The van der Waals surface area contributed by atoms with Gasteiger partial charge in [0.1, 0.15) is 5.82 Å². The molecule has 0 heterocycles. The summed E-state index contributed by atoms with van der Waals surface area (Å²) in [6.45, 7) is 0. The van der Waals surface area contributed by atoms with Crippen molar-refractivity contribution in [3.05, 3.63) is 35.1 Å². The van der Waals surface area contributed by atoms with Crippen molar-refractivity contribution in [3.8, 4) is 0 Å². The minimum atomic E-state index is -4.72. The molecule has 100 valence electrons. The minimum Gasteiger partial charge on any atom is -0.392 e. The SMILES string of the molecule is OC1CCCCC1c1cccc(F)c1C(F)(F)F. The molecule has 0 aromatic heterocycles. The van der Waals surface area contributed by atoms with Gasteiger partial charge in [0.25, 0.3) is 0 Å². The van der Waals surface area contributed by atoms with Crippen molar-refractivity contribution in [3.63, 3.8) is 0 Å². The van der Waals surface area contributed by atoms with Crippen LogP contribution in [-0.4, -0.2) is 11.2 Å². The van der Waals surface area contributed by atoms with Crippen LogP contribution >= 0.6 is 0 Å². The molecule has 1 aromatic carbocycles. The Hall–Kier alpha value is -1.10. The molecular formula is C13H14F4O. The summed E-state index contributed by atoms with van der Waals surface area (Å²) in [6.07, 6.45) is -3.05. The Morgan fingerprint density at radius 3 is 2.39 bits per heavy atom. The summed E-state index contributed by atoms with van der Waals surface area (Å²) in [5, 5.41) is 9.81. The van der Waals surface area contributed by atoms with Gasteiger partial charge >= 0.3 is 6.18 Å². The van der Waals surface area contributed by atoms with Gasteiger partial charge in [-0.15, -0.1) is 0 Å². The Balaban J connectivity index is 2.47. The molecule has 1 fully saturated rings. The van der Waals surface area contributed by atoms with E-state index in [0.29, 0.717) is 12.8 Å². The Morgan fingerprint density at radius 2 is 1.78 bits per heavy atom. The second kappa shape index (κ2) is 4.88. The van der Waals surface area contributed by atoms with Gasteiger partial charge in [-0.1, -0.05) is 25.0 Å². The second-order valence-corrected chi connectivity index (χ2v) is 4.66. The van der Waals surface area contributed by atoms with Gasteiger partial charge in [0.05, 0.1) is 11.7 Å². The van der Waals surface area contributed by atoms with Crippen molar-refractivity contribution in [1.29, 1.82) is 0 Å². The summed E-state index contributed by atoms with van der Waals surface area (Å²) in [6, 6.07) is 3.34. The molecule has 0 aliphatic heterocycles. The van der Waals surface area contributed by atoms with Gasteiger partial charge in [0, 0.05) is 5.92 Å². The number of aliphatic hydroxyl groups is 1. The fourth-order valence-corrected chi connectivity index (χ4v) is 2.62. The standard InChI is InChI=1S/C13H14F4O/c14-10-6-3-5-9(12(10)13(15,16)17)8-4-1-2-7-11(8)18/h3,5-6,8,11,18H,1-2,4,7H2. The van der Waals surface area contributed by atoms with E-state index in [1.54, 1.807) is 0 Å². The lowest BCUT2D eigenvalue weighted by atomic mass is 9.80. The minimum absolute atomic E-state index is 0.116. The lowest BCUT2D eigenvalue weighted by Gasteiger charge is -2.30. The summed E-state index contributed by atoms with van der Waals surface area (Å²) >= 11 is 0. The van der Waals surface area contributed by atoms with Crippen LogP contribution in [0.25, 0.3) is 0 Å². The number of rotatable bonds is 1. The van der Waals surface area contributed by atoms with E-state index >= 15 is 0 Å². The Bertz CT molecular complexity index is 427. The van der Waals surface area contributed by atoms with Gasteiger partial charge in [-0.25, -0.2) is 4.39 Å². The molecule has 1 N–H and O–H groups in total. The fraction of sp³-hybridized carbons (Fsp3) is 0.538. The maximum absolute atomic E-state index is 13.4. The highest BCUT2D eigenvalue weighted by Gasteiger charge is 2.40. The third-order valence-corrected chi connectivity index (χ3v) is 3.46. The highest BCUT2D eigenvalue weighted by molar-refractivity contribution is 5.35. The van der Waals surface area contributed by atoms with E-state index in [4.69, 9.17) is 0 Å². The van der Waals surface area contributed by atoms with Gasteiger partial charge in [-0.3, -0.25) is 0 Å². The fourth-order valence-electron chi connectivity index (χ4n) is 2.62. The first-order valence-electron chi connectivity index (χ1n) is 5.95. The topological polar surface area (TPSA) is 20.2 Å². The van der Waals surface area contributed by atoms with Gasteiger partial charge in [0.15, 0.2) is 0 Å². The predicted octanol–water partition coefficient (Wildman–Crippen LogP) is 3.86. The molecule has 1 aliphatic carbocycles. The number of hydrogen-bond donors (Lipinski definition) is 1. The number of halogens is 4. The summed E-state index contributed by atoms with van der Waals surface area (Å²) in [5.41, 5.74) is -1.34. The Morgan fingerprint density at radius 1 is 1.11 bits per heavy atom. The molecule has 0 saturated heterocycles. The summed E-state index contributed by atoms with van der Waals surface area (Å²) in [7, 11) is 0. The van der Waals surface area contributed by atoms with Crippen LogP contribution in [0.2, 0.25) is 0 Å². The van der Waals surface area contributed by atoms with Crippen LogP contribution in [0, 0.1) is 5.82 Å². The molecule has 1 aliphatic rings. The predicted molar refractivity (Wildman–Crippen MR) is 58.6 cm³/mol. The lowest BCUT2D eigenvalue weighted by molar-refractivity contribution is -0.141. The van der Waals surface area contributed by atoms with E-state index in [0.717, 1.165) is 18.9 Å². The summed E-state index contributed by atoms with van der Waals surface area (Å²) in [5.74, 6) is -1.89. The first-order chi connectivity index (χ1) is 8.41. The van der Waals surface area contributed by atoms with Crippen molar-refractivity contribution in [2.24, 2.45) is 0 Å². The summed E-state index contributed by atoms with van der Waals surface area (Å²) in [4.78, 5) is 0. The molecular weight excluding hydrogens is 248 g/mol. The Kier molecular flexibility index (Phi) is 3.61. The van der Waals surface area contributed by atoms with Crippen LogP contribution in [0.4, 0.5) is 17.6 Å². The monoisotopic (exact) mass is 262 g/mol. The van der Waals surface area contributed by atoms with Crippen molar-refractivity contribution < 1.29 is 22.7 Å². The van der Waals surface area contributed by atoms with Crippen LogP contribution in [0.15, 0.2) is 18.2 Å². The van der Waals surface area contributed by atoms with E-state index in [9.17, 15) is 22.7 Å². The van der Waals surface area contributed by atoms with Crippen molar-refractivity contribution >= 4 is 0 Å². The molecule has 1 saturated carbocycles. The smallest absolute Gasteiger partial charge is 0.392 e. The van der Waals surface area contributed by atoms with Gasteiger partial charge in [-0.05, 0) is 24.5 Å². The molecule has 18 heavy (non-hydrogen) atoms. The van der Waals surface area contributed by atoms with Crippen LogP contribution in [-0.2, 0) is 6.18 Å². The molecule has 2 atom stereocenters. The van der Waals surface area contributed by atoms with E-state index in [1.165, 1.54) is 12.1 Å². The highest BCUT2D eigenvalue weighted by Crippen LogP contribution is 2.41. The van der Waals surface area contributed by atoms with Crippen LogP contribution in [0.3, 0.4) is 0 Å².